The number of ether oxygens (including phenoxy) is 1. The quantitative estimate of drug-likeness (QED) is 0.598. The standard InChI is InChI=1S/C13H20N2O2/c1-7-9(2)17-12(16)11-8-15(13(4,5)6)14-10(11)3/h7-9H,1H2,2-6H3/t9-/m0/s1. The molecule has 0 aliphatic rings. The highest BCUT2D eigenvalue weighted by atomic mass is 16.5. The van der Waals surface area contributed by atoms with Crippen molar-refractivity contribution in [2.45, 2.75) is 46.3 Å². The number of nitrogens with zero attached hydrogens (tertiary/aromatic N) is 2. The average molecular weight is 236 g/mol. The van der Waals surface area contributed by atoms with E-state index in [1.54, 1.807) is 30.8 Å². The fourth-order valence-electron chi connectivity index (χ4n) is 1.28. The molecule has 1 heterocycles. The summed E-state index contributed by atoms with van der Waals surface area (Å²) in [7, 11) is 0. The monoisotopic (exact) mass is 236 g/mol. The Morgan fingerprint density at radius 3 is 2.59 bits per heavy atom. The Balaban J connectivity index is 2.96. The van der Waals surface area contributed by atoms with Crippen LogP contribution in [-0.2, 0) is 10.3 Å². The van der Waals surface area contributed by atoms with Crippen LogP contribution in [0.4, 0.5) is 0 Å². The molecule has 0 fully saturated rings. The van der Waals surface area contributed by atoms with E-state index in [2.05, 4.69) is 11.7 Å². The Morgan fingerprint density at radius 1 is 1.59 bits per heavy atom. The van der Waals surface area contributed by atoms with E-state index < -0.39 is 0 Å². The van der Waals surface area contributed by atoms with E-state index in [4.69, 9.17) is 4.74 Å². The van der Waals surface area contributed by atoms with Crippen molar-refractivity contribution in [3.05, 3.63) is 30.1 Å². The van der Waals surface area contributed by atoms with Gasteiger partial charge in [0, 0.05) is 6.20 Å². The van der Waals surface area contributed by atoms with Crippen LogP contribution in [-0.4, -0.2) is 21.9 Å². The van der Waals surface area contributed by atoms with Crippen molar-refractivity contribution in [3.8, 4) is 0 Å². The molecule has 0 saturated heterocycles. The summed E-state index contributed by atoms with van der Waals surface area (Å²) in [6.07, 6.45) is 3.02. The second-order valence-electron chi connectivity index (χ2n) is 5.09. The molecule has 1 rings (SSSR count). The summed E-state index contributed by atoms with van der Waals surface area (Å²) in [6, 6.07) is 0. The van der Waals surface area contributed by atoms with E-state index >= 15 is 0 Å². The van der Waals surface area contributed by atoms with Crippen molar-refractivity contribution >= 4 is 5.97 Å². The molecule has 1 aromatic rings. The first-order chi connectivity index (χ1) is 7.75. The number of aromatic nitrogens is 2. The van der Waals surface area contributed by atoms with Gasteiger partial charge in [0.2, 0.25) is 0 Å². The van der Waals surface area contributed by atoms with Gasteiger partial charge < -0.3 is 4.74 Å². The molecule has 17 heavy (non-hydrogen) atoms. The minimum atomic E-state index is -0.356. The lowest BCUT2D eigenvalue weighted by molar-refractivity contribution is 0.0424. The Kier molecular flexibility index (Phi) is 3.76. The number of hydrogen-bond donors (Lipinski definition) is 0. The van der Waals surface area contributed by atoms with Gasteiger partial charge in [-0.15, -0.1) is 0 Å². The van der Waals surface area contributed by atoms with E-state index in [1.165, 1.54) is 0 Å². The van der Waals surface area contributed by atoms with Gasteiger partial charge in [0.25, 0.3) is 0 Å². The molecule has 0 bridgehead atoms. The predicted octanol–water partition coefficient (Wildman–Crippen LogP) is 2.68. The van der Waals surface area contributed by atoms with Crippen LogP contribution >= 0.6 is 0 Å². The summed E-state index contributed by atoms with van der Waals surface area (Å²) in [6.45, 7) is 13.2. The molecule has 0 aliphatic carbocycles. The minimum Gasteiger partial charge on any atom is -0.455 e. The second-order valence-corrected chi connectivity index (χ2v) is 5.09. The fourth-order valence-corrected chi connectivity index (χ4v) is 1.28. The molecule has 1 aromatic heterocycles. The Morgan fingerprint density at radius 2 is 2.18 bits per heavy atom. The second kappa shape index (κ2) is 4.73. The highest BCUT2D eigenvalue weighted by Crippen LogP contribution is 2.17. The first kappa shape index (κ1) is 13.5. The van der Waals surface area contributed by atoms with Crippen molar-refractivity contribution in [1.82, 2.24) is 9.78 Å². The molecule has 0 radical (unpaired) electrons. The molecule has 0 aliphatic heterocycles. The van der Waals surface area contributed by atoms with Crippen molar-refractivity contribution in [1.29, 1.82) is 0 Å². The van der Waals surface area contributed by atoms with Crippen molar-refractivity contribution in [2.24, 2.45) is 0 Å². The zero-order valence-corrected chi connectivity index (χ0v) is 11.2. The molecular formula is C13H20N2O2. The largest absolute Gasteiger partial charge is 0.455 e. The summed E-state index contributed by atoms with van der Waals surface area (Å²) in [5, 5.41) is 4.33. The predicted molar refractivity (Wildman–Crippen MR) is 67.0 cm³/mol. The van der Waals surface area contributed by atoms with E-state index in [0.717, 1.165) is 0 Å². The topological polar surface area (TPSA) is 44.1 Å². The van der Waals surface area contributed by atoms with Gasteiger partial charge in [-0.05, 0) is 34.6 Å². The lowest BCUT2D eigenvalue weighted by atomic mass is 10.1. The third-order valence-electron chi connectivity index (χ3n) is 2.43. The minimum absolute atomic E-state index is 0.145. The van der Waals surface area contributed by atoms with Crippen LogP contribution in [0.3, 0.4) is 0 Å². The molecule has 0 N–H and O–H groups in total. The summed E-state index contributed by atoms with van der Waals surface area (Å²) in [5.41, 5.74) is 1.04. The van der Waals surface area contributed by atoms with E-state index in [0.29, 0.717) is 11.3 Å². The van der Waals surface area contributed by atoms with Crippen molar-refractivity contribution in [3.63, 3.8) is 0 Å². The van der Waals surface area contributed by atoms with Gasteiger partial charge >= 0.3 is 5.97 Å². The first-order valence-electron chi connectivity index (χ1n) is 5.66. The molecular weight excluding hydrogens is 216 g/mol. The number of rotatable bonds is 3. The first-order valence-corrected chi connectivity index (χ1v) is 5.66. The van der Waals surface area contributed by atoms with Gasteiger partial charge in [-0.3, -0.25) is 4.68 Å². The molecule has 0 saturated carbocycles. The summed E-state index contributed by atoms with van der Waals surface area (Å²) < 4.78 is 6.96. The van der Waals surface area contributed by atoms with Crippen LogP contribution in [0.5, 0.6) is 0 Å². The van der Waals surface area contributed by atoms with Crippen LogP contribution in [0.25, 0.3) is 0 Å². The number of aryl methyl sites for hydroxylation is 1. The van der Waals surface area contributed by atoms with E-state index in [-0.39, 0.29) is 17.6 Å². The molecule has 94 valence electrons. The van der Waals surface area contributed by atoms with Gasteiger partial charge in [-0.1, -0.05) is 12.7 Å². The van der Waals surface area contributed by atoms with Crippen molar-refractivity contribution < 1.29 is 9.53 Å². The SMILES string of the molecule is C=C[C@H](C)OC(=O)c1cn(C(C)(C)C)nc1C. The molecule has 0 unspecified atom stereocenters. The third-order valence-corrected chi connectivity index (χ3v) is 2.43. The number of esters is 1. The van der Waals surface area contributed by atoms with E-state index in [1.807, 2.05) is 20.8 Å². The smallest absolute Gasteiger partial charge is 0.342 e. The molecule has 0 aromatic carbocycles. The normalized spacial score (nSPS) is 13.2. The van der Waals surface area contributed by atoms with Crippen LogP contribution in [0.15, 0.2) is 18.9 Å². The lowest BCUT2D eigenvalue weighted by Crippen LogP contribution is -2.22. The number of carbonyl (C=O) groups excluding carboxylic acids is 1. The third kappa shape index (κ3) is 3.19. The Labute approximate surface area is 102 Å². The summed E-state index contributed by atoms with van der Waals surface area (Å²) >= 11 is 0. The molecule has 1 atom stereocenters. The average Bonchev–Trinajstić information content (AvgIpc) is 2.59. The van der Waals surface area contributed by atoms with Crippen LogP contribution in [0, 0.1) is 6.92 Å². The maximum absolute atomic E-state index is 11.9. The molecule has 0 spiro atoms. The lowest BCUT2D eigenvalue weighted by Gasteiger charge is -2.18. The van der Waals surface area contributed by atoms with Crippen molar-refractivity contribution in [2.75, 3.05) is 0 Å². The van der Waals surface area contributed by atoms with Gasteiger partial charge in [-0.25, -0.2) is 4.79 Å². The summed E-state index contributed by atoms with van der Waals surface area (Å²) in [4.78, 5) is 11.9. The molecule has 4 heteroatoms. The maximum atomic E-state index is 11.9. The molecule has 4 nitrogen and oxygen atoms in total. The fraction of sp³-hybridized carbons (Fsp3) is 0.538. The highest BCUT2D eigenvalue weighted by molar-refractivity contribution is 5.90. The molecule has 0 amide bonds. The van der Waals surface area contributed by atoms with E-state index in [9.17, 15) is 4.79 Å². The number of carbonyl (C=O) groups is 1. The zero-order valence-electron chi connectivity index (χ0n) is 11.2. The number of hydrogen-bond acceptors (Lipinski definition) is 3. The highest BCUT2D eigenvalue weighted by Gasteiger charge is 2.21. The van der Waals surface area contributed by atoms with Crippen LogP contribution < -0.4 is 0 Å². The Bertz CT molecular complexity index is 427. The Hall–Kier alpha value is -1.58. The van der Waals surface area contributed by atoms with Crippen LogP contribution in [0.1, 0.15) is 43.7 Å². The van der Waals surface area contributed by atoms with Gasteiger partial charge in [-0.2, -0.15) is 5.10 Å². The van der Waals surface area contributed by atoms with Crippen LogP contribution in [0.2, 0.25) is 0 Å². The van der Waals surface area contributed by atoms with Gasteiger partial charge in [0.05, 0.1) is 11.2 Å². The van der Waals surface area contributed by atoms with Gasteiger partial charge in [0.1, 0.15) is 11.7 Å². The maximum Gasteiger partial charge on any atom is 0.342 e. The van der Waals surface area contributed by atoms with Gasteiger partial charge in [0.15, 0.2) is 0 Å². The summed E-state index contributed by atoms with van der Waals surface area (Å²) in [5.74, 6) is -0.356. The zero-order chi connectivity index (χ0) is 13.2.